The van der Waals surface area contributed by atoms with E-state index in [1.165, 1.54) is 31.4 Å². The lowest BCUT2D eigenvalue weighted by Gasteiger charge is -2.13. The fourth-order valence-corrected chi connectivity index (χ4v) is 4.13. The number of imide groups is 1. The molecule has 2 aromatic carbocycles. The molecule has 0 atom stereocenters. The second kappa shape index (κ2) is 9.84. The molecule has 1 fully saturated rings. The number of carbonyl (C=O) groups excluding carboxylic acids is 2. The Morgan fingerprint density at radius 3 is 2.59 bits per heavy atom. The highest BCUT2D eigenvalue weighted by Crippen LogP contribution is 2.36. The maximum Gasteiger partial charge on any atom is 0.293 e. The van der Waals surface area contributed by atoms with Gasteiger partial charge in [0.05, 0.1) is 29.0 Å². The van der Waals surface area contributed by atoms with E-state index in [1.807, 2.05) is 31.2 Å². The minimum absolute atomic E-state index is 0.109. The van der Waals surface area contributed by atoms with Crippen LogP contribution < -0.4 is 9.47 Å². The summed E-state index contributed by atoms with van der Waals surface area (Å²) < 4.78 is 16.7. The van der Waals surface area contributed by atoms with Crippen LogP contribution in [0.5, 0.6) is 11.5 Å². The van der Waals surface area contributed by atoms with Crippen LogP contribution in [0.15, 0.2) is 63.9 Å². The van der Waals surface area contributed by atoms with Crippen molar-refractivity contribution in [2.75, 3.05) is 20.3 Å². The molecule has 2 heterocycles. The molecule has 4 rings (SSSR count). The smallest absolute Gasteiger partial charge is 0.293 e. The van der Waals surface area contributed by atoms with E-state index in [4.69, 9.17) is 13.9 Å². The van der Waals surface area contributed by atoms with Crippen LogP contribution in [0.25, 0.3) is 17.4 Å². The van der Waals surface area contributed by atoms with Crippen LogP contribution in [0.3, 0.4) is 0 Å². The van der Waals surface area contributed by atoms with Crippen molar-refractivity contribution in [3.8, 4) is 22.8 Å². The fraction of sp³-hybridized carbons (Fsp3) is 0.167. The first-order valence-electron chi connectivity index (χ1n) is 10.2. The van der Waals surface area contributed by atoms with Gasteiger partial charge in [-0.1, -0.05) is 17.7 Å². The molecular formula is C24H20N2O7S. The van der Waals surface area contributed by atoms with Crippen molar-refractivity contribution in [1.82, 2.24) is 4.90 Å². The number of non-ortho nitro benzene ring substituents is 1. The van der Waals surface area contributed by atoms with Crippen LogP contribution in [0.1, 0.15) is 11.3 Å². The summed E-state index contributed by atoms with van der Waals surface area (Å²) in [6, 6.07) is 14.9. The minimum atomic E-state index is -0.509. The van der Waals surface area contributed by atoms with Crippen LogP contribution in [-0.4, -0.2) is 41.2 Å². The summed E-state index contributed by atoms with van der Waals surface area (Å²) in [4.78, 5) is 37.0. The van der Waals surface area contributed by atoms with Gasteiger partial charge in [-0.05, 0) is 49.0 Å². The van der Waals surface area contributed by atoms with E-state index in [0.29, 0.717) is 28.6 Å². The van der Waals surface area contributed by atoms with Crippen LogP contribution in [0.2, 0.25) is 0 Å². The van der Waals surface area contributed by atoms with Crippen molar-refractivity contribution in [2.45, 2.75) is 6.92 Å². The molecule has 0 N–H and O–H groups in total. The fourth-order valence-electron chi connectivity index (χ4n) is 3.29. The minimum Gasteiger partial charge on any atom is -0.496 e. The SMILES string of the molecule is COc1ccc([N+](=O)[O-])cc1-c1ccc(/C=C2\SC(=O)N(CCOc3ccc(C)cc3)C2=O)o1. The van der Waals surface area contributed by atoms with E-state index in [-0.39, 0.29) is 23.7 Å². The summed E-state index contributed by atoms with van der Waals surface area (Å²) in [6.45, 7) is 2.26. The quantitative estimate of drug-likeness (QED) is 0.243. The van der Waals surface area contributed by atoms with E-state index in [2.05, 4.69) is 0 Å². The number of hydrogen-bond acceptors (Lipinski definition) is 8. The number of amides is 2. The van der Waals surface area contributed by atoms with Gasteiger partial charge in [0.25, 0.3) is 16.8 Å². The van der Waals surface area contributed by atoms with E-state index in [9.17, 15) is 19.7 Å². The zero-order valence-corrected chi connectivity index (χ0v) is 19.2. The molecule has 174 valence electrons. The average molecular weight is 480 g/mol. The summed E-state index contributed by atoms with van der Waals surface area (Å²) in [5.41, 5.74) is 1.40. The number of thioether (sulfide) groups is 1. The first-order valence-corrected chi connectivity index (χ1v) is 11.0. The van der Waals surface area contributed by atoms with E-state index in [1.54, 1.807) is 12.1 Å². The van der Waals surface area contributed by atoms with Crippen molar-refractivity contribution in [1.29, 1.82) is 0 Å². The Labute approximate surface area is 199 Å². The molecule has 0 spiro atoms. The number of rotatable bonds is 8. The average Bonchev–Trinajstić information content (AvgIpc) is 3.39. The molecule has 9 nitrogen and oxygen atoms in total. The zero-order chi connectivity index (χ0) is 24.2. The number of ether oxygens (including phenoxy) is 2. The second-order valence-electron chi connectivity index (χ2n) is 7.34. The van der Waals surface area contributed by atoms with E-state index in [0.717, 1.165) is 22.2 Å². The number of methoxy groups -OCH3 is 1. The molecule has 0 aliphatic carbocycles. The van der Waals surface area contributed by atoms with E-state index >= 15 is 0 Å². The predicted molar refractivity (Wildman–Crippen MR) is 127 cm³/mol. The lowest BCUT2D eigenvalue weighted by molar-refractivity contribution is -0.384. The number of furan rings is 1. The summed E-state index contributed by atoms with van der Waals surface area (Å²) in [5, 5.41) is 10.7. The second-order valence-corrected chi connectivity index (χ2v) is 8.33. The lowest BCUT2D eigenvalue weighted by Crippen LogP contribution is -2.32. The van der Waals surface area contributed by atoms with Gasteiger partial charge in [0.1, 0.15) is 29.6 Å². The van der Waals surface area contributed by atoms with Gasteiger partial charge in [-0.15, -0.1) is 0 Å². The Morgan fingerprint density at radius 2 is 1.88 bits per heavy atom. The maximum atomic E-state index is 12.7. The standard InChI is InChI=1S/C24H20N2O7S/c1-15-3-6-17(7-4-15)32-12-11-25-23(27)22(34-24(25)28)14-18-8-10-21(33-18)19-13-16(26(29)30)5-9-20(19)31-2/h3-10,13-14H,11-12H2,1-2H3/b22-14-. The number of nitrogens with zero attached hydrogens (tertiary/aromatic N) is 2. The lowest BCUT2D eigenvalue weighted by atomic mass is 10.1. The number of aryl methyl sites for hydroxylation is 1. The third-order valence-corrected chi connectivity index (χ3v) is 5.95. The molecule has 2 amide bonds. The van der Waals surface area contributed by atoms with Gasteiger partial charge in [0, 0.05) is 18.2 Å². The highest BCUT2D eigenvalue weighted by molar-refractivity contribution is 8.18. The number of benzene rings is 2. The summed E-state index contributed by atoms with van der Waals surface area (Å²) in [5.74, 6) is 1.28. The Morgan fingerprint density at radius 1 is 1.12 bits per heavy atom. The van der Waals surface area contributed by atoms with Crippen LogP contribution in [0, 0.1) is 17.0 Å². The highest BCUT2D eigenvalue weighted by Gasteiger charge is 2.35. The molecule has 10 heteroatoms. The van der Waals surface area contributed by atoms with Crippen molar-refractivity contribution in [3.63, 3.8) is 0 Å². The van der Waals surface area contributed by atoms with Crippen molar-refractivity contribution >= 4 is 34.7 Å². The molecule has 0 saturated carbocycles. The van der Waals surface area contributed by atoms with Crippen LogP contribution >= 0.6 is 11.8 Å². The van der Waals surface area contributed by atoms with Crippen molar-refractivity contribution < 1.29 is 28.4 Å². The molecule has 0 bridgehead atoms. The van der Waals surface area contributed by atoms with Gasteiger partial charge >= 0.3 is 0 Å². The Hall–Kier alpha value is -4.05. The molecule has 1 aliphatic heterocycles. The molecule has 0 radical (unpaired) electrons. The number of nitro groups is 1. The zero-order valence-electron chi connectivity index (χ0n) is 18.3. The summed E-state index contributed by atoms with van der Waals surface area (Å²) in [6.07, 6.45) is 1.47. The number of nitro benzene ring substituents is 1. The van der Waals surface area contributed by atoms with Gasteiger partial charge in [0.2, 0.25) is 0 Å². The molecule has 1 aromatic heterocycles. The van der Waals surface area contributed by atoms with Crippen molar-refractivity contribution in [2.24, 2.45) is 0 Å². The summed E-state index contributed by atoms with van der Waals surface area (Å²) >= 11 is 0.813. The largest absolute Gasteiger partial charge is 0.496 e. The van der Waals surface area contributed by atoms with Crippen LogP contribution in [0.4, 0.5) is 10.5 Å². The topological polar surface area (TPSA) is 112 Å². The Balaban J connectivity index is 1.46. The molecule has 0 unspecified atom stereocenters. The van der Waals surface area contributed by atoms with Gasteiger partial charge in [-0.3, -0.25) is 24.6 Å². The summed E-state index contributed by atoms with van der Waals surface area (Å²) in [7, 11) is 1.45. The third-order valence-electron chi connectivity index (χ3n) is 5.04. The van der Waals surface area contributed by atoms with E-state index < -0.39 is 16.1 Å². The first-order chi connectivity index (χ1) is 16.4. The van der Waals surface area contributed by atoms with Gasteiger partial charge < -0.3 is 13.9 Å². The van der Waals surface area contributed by atoms with Crippen LogP contribution in [-0.2, 0) is 4.79 Å². The number of carbonyl (C=O) groups is 2. The van der Waals surface area contributed by atoms with Gasteiger partial charge in [-0.2, -0.15) is 0 Å². The predicted octanol–water partition coefficient (Wildman–Crippen LogP) is 5.29. The molecule has 1 aliphatic rings. The van der Waals surface area contributed by atoms with Gasteiger partial charge in [-0.25, -0.2) is 0 Å². The molecular weight excluding hydrogens is 460 g/mol. The normalized spacial score (nSPS) is 14.6. The van der Waals surface area contributed by atoms with Gasteiger partial charge in [0.15, 0.2) is 0 Å². The molecule has 1 saturated heterocycles. The highest BCUT2D eigenvalue weighted by atomic mass is 32.2. The monoisotopic (exact) mass is 480 g/mol. The first kappa shape index (κ1) is 23.1. The number of hydrogen-bond donors (Lipinski definition) is 0. The third kappa shape index (κ3) is 4.96. The van der Waals surface area contributed by atoms with Crippen molar-refractivity contribution in [3.05, 3.63) is 80.9 Å². The molecule has 3 aromatic rings. The Kier molecular flexibility index (Phi) is 6.69. The molecule has 34 heavy (non-hydrogen) atoms. The maximum absolute atomic E-state index is 12.7. The Bertz CT molecular complexity index is 1280.